The van der Waals surface area contributed by atoms with Gasteiger partial charge in [-0.05, 0) is 25.6 Å². The summed E-state index contributed by atoms with van der Waals surface area (Å²) in [6.45, 7) is 3.20. The molecule has 6 heteroatoms. The van der Waals surface area contributed by atoms with Crippen LogP contribution in [-0.2, 0) is 17.8 Å². The molecule has 25 heavy (non-hydrogen) atoms. The highest BCUT2D eigenvalue weighted by molar-refractivity contribution is 8.00. The molecule has 0 amide bonds. The van der Waals surface area contributed by atoms with E-state index in [1.807, 2.05) is 24.3 Å². The second kappa shape index (κ2) is 7.57. The smallest absolute Gasteiger partial charge is 0.140 e. The molecule has 0 atom stereocenters. The van der Waals surface area contributed by atoms with E-state index in [0.717, 1.165) is 41.9 Å². The highest BCUT2D eigenvalue weighted by Crippen LogP contribution is 2.39. The summed E-state index contributed by atoms with van der Waals surface area (Å²) in [5.41, 5.74) is 4.27. The van der Waals surface area contributed by atoms with Crippen LogP contribution in [0.5, 0.6) is 0 Å². The molecular weight excluding hydrogens is 354 g/mol. The fourth-order valence-electron chi connectivity index (χ4n) is 3.01. The van der Waals surface area contributed by atoms with Gasteiger partial charge in [0, 0.05) is 41.4 Å². The van der Waals surface area contributed by atoms with Gasteiger partial charge in [0.1, 0.15) is 16.9 Å². The number of likely N-dealkylation sites (N-methyl/N-ethyl adjacent to an activating group) is 1. The zero-order chi connectivity index (χ0) is 18.0. The summed E-state index contributed by atoms with van der Waals surface area (Å²) in [5.74, 6) is 0.370. The first-order valence-corrected chi connectivity index (χ1v) is 9.39. The largest absolute Gasteiger partial charge is 0.302 e. The zero-order valence-corrected chi connectivity index (χ0v) is 15.7. The lowest BCUT2D eigenvalue weighted by atomic mass is 9.92. The Morgan fingerprint density at radius 3 is 2.88 bits per heavy atom. The minimum absolute atomic E-state index is 0.0624. The molecule has 0 aliphatic carbocycles. The van der Waals surface area contributed by atoms with Crippen LogP contribution in [-0.4, -0.2) is 35.0 Å². The number of Topliss-reactive ketones (excluding diaryl/α,β-unsaturated/α-hetero) is 1. The summed E-state index contributed by atoms with van der Waals surface area (Å²) in [6, 6.07) is 9.88. The van der Waals surface area contributed by atoms with Crippen LogP contribution in [0.3, 0.4) is 0 Å². The van der Waals surface area contributed by atoms with Gasteiger partial charge in [-0.2, -0.15) is 5.26 Å². The number of hydrogen-bond donors (Lipinski definition) is 0. The van der Waals surface area contributed by atoms with Crippen molar-refractivity contribution in [1.82, 2.24) is 9.88 Å². The Labute approximate surface area is 156 Å². The third-order valence-electron chi connectivity index (χ3n) is 4.18. The predicted octanol–water partition coefficient (Wildman–Crippen LogP) is 3.94. The molecule has 0 N–H and O–H groups in total. The Bertz CT molecular complexity index is 876. The number of benzene rings is 1. The Balaban J connectivity index is 2.26. The van der Waals surface area contributed by atoms with Gasteiger partial charge >= 0.3 is 0 Å². The molecule has 4 nitrogen and oxygen atoms in total. The maximum Gasteiger partial charge on any atom is 0.140 e. The number of pyridine rings is 1. The molecule has 0 fully saturated rings. The first-order chi connectivity index (χ1) is 12.0. The molecule has 1 aliphatic rings. The summed E-state index contributed by atoms with van der Waals surface area (Å²) in [7, 11) is 2.06. The molecule has 2 aromatic rings. The lowest BCUT2D eigenvalue weighted by Crippen LogP contribution is -2.28. The molecule has 0 unspecified atom stereocenters. The van der Waals surface area contributed by atoms with E-state index in [9.17, 15) is 10.1 Å². The number of thioether (sulfide) groups is 1. The Hall–Kier alpha value is -1.87. The highest BCUT2D eigenvalue weighted by Gasteiger charge is 2.26. The lowest BCUT2D eigenvalue weighted by Gasteiger charge is -2.28. The average Bonchev–Trinajstić information content (AvgIpc) is 2.59. The number of hydrogen-bond acceptors (Lipinski definition) is 5. The van der Waals surface area contributed by atoms with Gasteiger partial charge in [0.25, 0.3) is 0 Å². The highest BCUT2D eigenvalue weighted by atomic mass is 35.5. The van der Waals surface area contributed by atoms with Gasteiger partial charge in [-0.3, -0.25) is 4.79 Å². The molecular formula is C19H18ClN3OS. The predicted molar refractivity (Wildman–Crippen MR) is 101 cm³/mol. The zero-order valence-electron chi connectivity index (χ0n) is 14.2. The van der Waals surface area contributed by atoms with E-state index in [1.54, 1.807) is 6.92 Å². The number of nitriles is 1. The molecule has 1 aromatic heterocycles. The van der Waals surface area contributed by atoms with E-state index in [1.165, 1.54) is 11.8 Å². The van der Waals surface area contributed by atoms with E-state index in [2.05, 4.69) is 18.0 Å². The Morgan fingerprint density at radius 1 is 1.44 bits per heavy atom. The number of fused-ring (bicyclic) bond motifs is 1. The fourth-order valence-corrected chi connectivity index (χ4v) is 4.05. The van der Waals surface area contributed by atoms with Gasteiger partial charge in [0.05, 0.1) is 11.3 Å². The number of nitrogens with zero attached hydrogens (tertiary/aromatic N) is 3. The van der Waals surface area contributed by atoms with Crippen LogP contribution in [0.2, 0.25) is 5.02 Å². The minimum atomic E-state index is 0.0624. The van der Waals surface area contributed by atoms with Crippen LogP contribution in [0.25, 0.3) is 11.1 Å². The summed E-state index contributed by atoms with van der Waals surface area (Å²) >= 11 is 7.77. The van der Waals surface area contributed by atoms with Gasteiger partial charge in [0.15, 0.2) is 0 Å². The monoisotopic (exact) mass is 371 g/mol. The van der Waals surface area contributed by atoms with Crippen LogP contribution in [0.1, 0.15) is 23.7 Å². The molecule has 0 spiro atoms. The van der Waals surface area contributed by atoms with Crippen molar-refractivity contribution in [3.05, 3.63) is 46.1 Å². The van der Waals surface area contributed by atoms with Gasteiger partial charge in [-0.25, -0.2) is 4.98 Å². The second-order valence-electron chi connectivity index (χ2n) is 6.16. The molecule has 0 saturated heterocycles. The first-order valence-electron chi connectivity index (χ1n) is 8.02. The molecule has 128 valence electrons. The number of carbonyl (C=O) groups is 1. The lowest BCUT2D eigenvalue weighted by molar-refractivity contribution is -0.114. The number of ketones is 1. The molecule has 3 rings (SSSR count). The molecule has 2 heterocycles. The van der Waals surface area contributed by atoms with Crippen molar-refractivity contribution in [1.29, 1.82) is 5.26 Å². The summed E-state index contributed by atoms with van der Waals surface area (Å²) in [6.07, 6.45) is 0.822. The van der Waals surface area contributed by atoms with Gasteiger partial charge in [-0.1, -0.05) is 41.6 Å². The van der Waals surface area contributed by atoms with E-state index in [-0.39, 0.29) is 5.78 Å². The summed E-state index contributed by atoms with van der Waals surface area (Å²) in [5, 5.41) is 11.1. The van der Waals surface area contributed by atoms with Crippen molar-refractivity contribution in [2.24, 2.45) is 0 Å². The normalized spacial score (nSPS) is 14.0. The van der Waals surface area contributed by atoms with Crippen molar-refractivity contribution in [2.45, 2.75) is 24.9 Å². The molecule has 0 saturated carbocycles. The van der Waals surface area contributed by atoms with E-state index in [4.69, 9.17) is 16.6 Å². The van der Waals surface area contributed by atoms with Crippen LogP contribution < -0.4 is 0 Å². The van der Waals surface area contributed by atoms with E-state index in [0.29, 0.717) is 21.4 Å². The van der Waals surface area contributed by atoms with Crippen LogP contribution in [0, 0.1) is 11.3 Å². The topological polar surface area (TPSA) is 57.0 Å². The van der Waals surface area contributed by atoms with E-state index >= 15 is 0 Å². The number of carbonyl (C=O) groups excluding carboxylic acids is 1. The standard InChI is InChI=1S/C19H18ClN3OS/c1-12(24)11-25-19-14(9-21)18(13-5-3-4-6-16(13)20)15-10-23(2)8-7-17(15)22-19/h3-6H,7-8,10-11H2,1-2H3. The summed E-state index contributed by atoms with van der Waals surface area (Å²) < 4.78 is 0. The van der Waals surface area contributed by atoms with Gasteiger partial charge in [-0.15, -0.1) is 0 Å². The Morgan fingerprint density at radius 2 is 2.20 bits per heavy atom. The quantitative estimate of drug-likeness (QED) is 0.762. The number of rotatable bonds is 4. The SMILES string of the molecule is CC(=O)CSc1nc2c(c(-c3ccccc3Cl)c1C#N)CN(C)CC2. The van der Waals surface area contributed by atoms with Gasteiger partial charge in [0.2, 0.25) is 0 Å². The third-order valence-corrected chi connectivity index (χ3v) is 5.63. The molecule has 0 bridgehead atoms. The van der Waals surface area contributed by atoms with Crippen molar-refractivity contribution < 1.29 is 4.79 Å². The summed E-state index contributed by atoms with van der Waals surface area (Å²) in [4.78, 5) is 18.3. The molecule has 0 radical (unpaired) electrons. The average molecular weight is 372 g/mol. The fraction of sp³-hybridized carbons (Fsp3) is 0.316. The minimum Gasteiger partial charge on any atom is -0.302 e. The van der Waals surface area contributed by atoms with E-state index < -0.39 is 0 Å². The maximum absolute atomic E-state index is 11.4. The number of halogens is 1. The molecule has 1 aliphatic heterocycles. The van der Waals surface area contributed by atoms with Crippen LogP contribution >= 0.6 is 23.4 Å². The van der Waals surface area contributed by atoms with Crippen molar-refractivity contribution in [3.8, 4) is 17.2 Å². The van der Waals surface area contributed by atoms with Crippen LogP contribution in [0.15, 0.2) is 29.3 Å². The molecule has 1 aromatic carbocycles. The first kappa shape index (κ1) is 17.9. The maximum atomic E-state index is 11.4. The van der Waals surface area contributed by atoms with Crippen molar-refractivity contribution >= 4 is 29.1 Å². The third kappa shape index (κ3) is 3.72. The number of aromatic nitrogens is 1. The van der Waals surface area contributed by atoms with Crippen LogP contribution in [0.4, 0.5) is 0 Å². The van der Waals surface area contributed by atoms with Crippen molar-refractivity contribution in [3.63, 3.8) is 0 Å². The Kier molecular flexibility index (Phi) is 5.43. The van der Waals surface area contributed by atoms with Crippen molar-refractivity contribution in [2.75, 3.05) is 19.3 Å². The van der Waals surface area contributed by atoms with Gasteiger partial charge < -0.3 is 4.90 Å². The second-order valence-corrected chi connectivity index (χ2v) is 7.53.